The van der Waals surface area contributed by atoms with Gasteiger partial charge in [0.15, 0.2) is 0 Å². The van der Waals surface area contributed by atoms with Crippen molar-refractivity contribution in [1.29, 1.82) is 0 Å². The highest BCUT2D eigenvalue weighted by Gasteiger charge is 2.42. The molecule has 0 saturated heterocycles. The molecule has 1 unspecified atom stereocenters. The average molecular weight is 536 g/mol. The van der Waals surface area contributed by atoms with Crippen molar-refractivity contribution in [1.82, 2.24) is 0 Å². The Hall–Kier alpha value is -2.57. The van der Waals surface area contributed by atoms with E-state index in [1.165, 1.54) is 0 Å². The Balaban J connectivity index is 2.70. The number of rotatable bonds is 13. The Kier molecular flexibility index (Phi) is 11.0. The van der Waals surface area contributed by atoms with Gasteiger partial charge >= 0.3 is 19.0 Å². The summed E-state index contributed by atoms with van der Waals surface area (Å²) in [6.07, 6.45) is 5.94. The molecule has 0 bridgehead atoms. The highest BCUT2D eigenvalue weighted by molar-refractivity contribution is 7.76. The Morgan fingerprint density at radius 1 is 1.27 bits per heavy atom. The van der Waals surface area contributed by atoms with Crippen molar-refractivity contribution in [2.24, 2.45) is 11.7 Å². The molecule has 0 aliphatic heterocycles. The van der Waals surface area contributed by atoms with Gasteiger partial charge in [-0.05, 0) is 77.0 Å². The number of phenolic OH excluding ortho intramolecular Hbond substituents is 1. The number of nitrogens with two attached hydrogens (primary N) is 1. The van der Waals surface area contributed by atoms with Crippen molar-refractivity contribution in [3.63, 3.8) is 0 Å². The smallest absolute Gasteiger partial charge is 0.404 e. The number of phenols is 1. The molecule has 1 aliphatic carbocycles. The summed E-state index contributed by atoms with van der Waals surface area (Å²) in [4.78, 5) is 24.5. The molecular formula is C28H42NO7P. The van der Waals surface area contributed by atoms with Crippen LogP contribution in [0.5, 0.6) is 11.5 Å². The number of ether oxygens (including phenoxy) is 1. The van der Waals surface area contributed by atoms with Crippen LogP contribution in [0.3, 0.4) is 0 Å². The van der Waals surface area contributed by atoms with Crippen molar-refractivity contribution < 1.29 is 33.6 Å². The van der Waals surface area contributed by atoms with E-state index in [9.17, 15) is 24.4 Å². The van der Waals surface area contributed by atoms with Gasteiger partial charge in [0.2, 0.25) is 0 Å². The van der Waals surface area contributed by atoms with Gasteiger partial charge in [-0.3, -0.25) is 9.36 Å². The van der Waals surface area contributed by atoms with Crippen LogP contribution in [-0.4, -0.2) is 40.2 Å². The molecule has 0 aromatic heterocycles. The largest absolute Gasteiger partial charge is 0.507 e. The first kappa shape index (κ1) is 30.7. The number of benzene rings is 1. The molecular weight excluding hydrogens is 493 g/mol. The maximum Gasteiger partial charge on any atom is 0.404 e. The van der Waals surface area contributed by atoms with E-state index in [1.807, 2.05) is 19.9 Å². The van der Waals surface area contributed by atoms with E-state index < -0.39 is 37.4 Å². The molecule has 1 aromatic rings. The monoisotopic (exact) mass is 535 g/mol. The van der Waals surface area contributed by atoms with Crippen LogP contribution in [0.2, 0.25) is 0 Å². The summed E-state index contributed by atoms with van der Waals surface area (Å²) < 4.78 is 25.2. The number of allylic oxidation sites excluding steroid dienone is 3. The summed E-state index contributed by atoms with van der Waals surface area (Å²) in [5, 5.41) is 20.6. The second-order valence-electron chi connectivity index (χ2n) is 10.3. The van der Waals surface area contributed by atoms with Gasteiger partial charge in [0.1, 0.15) is 17.5 Å². The van der Waals surface area contributed by atoms with Crippen molar-refractivity contribution in [2.45, 2.75) is 91.2 Å². The summed E-state index contributed by atoms with van der Waals surface area (Å²) in [5.41, 5.74) is 7.78. The van der Waals surface area contributed by atoms with E-state index in [-0.39, 0.29) is 23.3 Å². The Bertz CT molecular complexity index is 1080. The molecule has 9 heteroatoms. The topological polar surface area (TPSA) is 136 Å². The Labute approximate surface area is 220 Å². The minimum atomic E-state index is -4.43. The first-order chi connectivity index (χ1) is 17.3. The SMILES string of the molecule is C=C(C)[C@@H]1CCC(C)=C[C@H]1c1c(O)cc(CCCCC)cc1OP(=O)(C[C@H](N)C(=O)O)C(=O)OC(C)C. The molecule has 0 spiro atoms. The van der Waals surface area contributed by atoms with Crippen LogP contribution in [0.4, 0.5) is 4.79 Å². The van der Waals surface area contributed by atoms with Gasteiger partial charge in [0.25, 0.3) is 0 Å². The molecule has 0 amide bonds. The van der Waals surface area contributed by atoms with E-state index in [0.717, 1.165) is 48.8 Å². The number of aromatic hydroxyl groups is 1. The molecule has 1 aliphatic rings. The first-order valence-corrected chi connectivity index (χ1v) is 14.8. The van der Waals surface area contributed by atoms with Gasteiger partial charge in [0, 0.05) is 11.5 Å². The molecule has 4 atom stereocenters. The van der Waals surface area contributed by atoms with E-state index in [1.54, 1.807) is 26.0 Å². The maximum absolute atomic E-state index is 14.0. The quantitative estimate of drug-likeness (QED) is 0.143. The van der Waals surface area contributed by atoms with E-state index in [2.05, 4.69) is 13.5 Å². The number of carbonyl (C=O) groups excluding carboxylic acids is 1. The van der Waals surface area contributed by atoms with Crippen molar-refractivity contribution in [3.05, 3.63) is 47.1 Å². The number of carboxylic acids is 1. The highest BCUT2D eigenvalue weighted by Crippen LogP contribution is 2.54. The Morgan fingerprint density at radius 2 is 1.95 bits per heavy atom. The van der Waals surface area contributed by atoms with E-state index in [4.69, 9.17) is 15.0 Å². The molecule has 1 aromatic carbocycles. The van der Waals surface area contributed by atoms with Crippen molar-refractivity contribution in [2.75, 3.05) is 6.16 Å². The van der Waals surface area contributed by atoms with Crippen LogP contribution in [0.25, 0.3) is 0 Å². The fourth-order valence-electron chi connectivity index (χ4n) is 4.63. The van der Waals surface area contributed by atoms with Gasteiger partial charge in [-0.1, -0.05) is 43.6 Å². The summed E-state index contributed by atoms with van der Waals surface area (Å²) in [6.45, 7) is 13.4. The van der Waals surface area contributed by atoms with Crippen LogP contribution >= 0.6 is 7.37 Å². The molecule has 8 nitrogen and oxygen atoms in total. The number of carboxylic acid groups (broad SMARTS) is 1. The third kappa shape index (κ3) is 8.21. The first-order valence-electron chi connectivity index (χ1n) is 13.0. The van der Waals surface area contributed by atoms with Crippen LogP contribution < -0.4 is 10.3 Å². The molecule has 4 N–H and O–H groups in total. The molecule has 206 valence electrons. The second-order valence-corrected chi connectivity index (χ2v) is 12.6. The minimum Gasteiger partial charge on any atom is -0.507 e. The van der Waals surface area contributed by atoms with Gasteiger partial charge in [0.05, 0.1) is 12.3 Å². The van der Waals surface area contributed by atoms with Crippen molar-refractivity contribution >= 4 is 19.0 Å². The lowest BCUT2D eigenvalue weighted by molar-refractivity contribution is -0.138. The molecule has 0 saturated carbocycles. The second kappa shape index (κ2) is 13.3. The minimum absolute atomic E-state index is 0.00818. The predicted octanol–water partition coefficient (Wildman–Crippen LogP) is 6.75. The van der Waals surface area contributed by atoms with Gasteiger partial charge in [-0.2, -0.15) is 0 Å². The highest BCUT2D eigenvalue weighted by atomic mass is 31.2. The number of aliphatic carboxylic acids is 1. The third-order valence-corrected chi connectivity index (χ3v) is 8.60. The predicted molar refractivity (Wildman–Crippen MR) is 146 cm³/mol. The van der Waals surface area contributed by atoms with E-state index in [0.29, 0.717) is 12.0 Å². The van der Waals surface area contributed by atoms with Gasteiger partial charge < -0.3 is 25.2 Å². The van der Waals surface area contributed by atoms with Crippen LogP contribution in [0.15, 0.2) is 35.9 Å². The summed E-state index contributed by atoms with van der Waals surface area (Å²) in [6, 6.07) is 1.78. The van der Waals surface area contributed by atoms with Crippen LogP contribution in [0.1, 0.15) is 83.8 Å². The summed E-state index contributed by atoms with van der Waals surface area (Å²) in [7, 11) is -4.43. The third-order valence-electron chi connectivity index (χ3n) is 6.58. The van der Waals surface area contributed by atoms with E-state index >= 15 is 0 Å². The number of unbranched alkanes of at least 4 members (excludes halogenated alkanes) is 2. The zero-order valence-electron chi connectivity index (χ0n) is 22.7. The lowest BCUT2D eigenvalue weighted by Crippen LogP contribution is -2.35. The normalized spacial score (nSPS) is 20.0. The summed E-state index contributed by atoms with van der Waals surface area (Å²) in [5.74, 6) is -1.70. The zero-order chi connectivity index (χ0) is 27.9. The number of hydrogen-bond donors (Lipinski definition) is 3. The average Bonchev–Trinajstić information content (AvgIpc) is 2.78. The number of carbonyl (C=O) groups is 2. The standard InChI is InChI=1S/C28H42NO7P/c1-7-8-9-10-20-14-24(30)26(22-13-19(6)11-12-21(22)17(2)3)25(15-20)36-37(34,16-23(29)27(31)32)28(33)35-18(4)5/h13-15,18,21-23,30H,2,7-12,16,29H2,1,3-6H3,(H,31,32)/t21-,22+,23-,37?/m0/s1. The lowest BCUT2D eigenvalue weighted by atomic mass is 9.73. The maximum atomic E-state index is 14.0. The van der Waals surface area contributed by atoms with Crippen LogP contribution in [0, 0.1) is 5.92 Å². The molecule has 37 heavy (non-hydrogen) atoms. The number of aryl methyl sites for hydroxylation is 1. The molecule has 0 heterocycles. The molecule has 0 fully saturated rings. The van der Waals surface area contributed by atoms with Gasteiger partial charge in [-0.25, -0.2) is 4.79 Å². The van der Waals surface area contributed by atoms with Crippen LogP contribution in [-0.2, 0) is 20.5 Å². The Morgan fingerprint density at radius 3 is 2.51 bits per heavy atom. The van der Waals surface area contributed by atoms with Gasteiger partial charge in [-0.15, -0.1) is 0 Å². The zero-order valence-corrected chi connectivity index (χ0v) is 23.6. The fraction of sp³-hybridized carbons (Fsp3) is 0.571. The fourth-order valence-corrected chi connectivity index (χ4v) is 6.45. The molecule has 2 rings (SSSR count). The summed E-state index contributed by atoms with van der Waals surface area (Å²) >= 11 is 0. The lowest BCUT2D eigenvalue weighted by Gasteiger charge is -2.33. The number of hydrogen-bond acceptors (Lipinski definition) is 7. The molecule has 0 radical (unpaired) electrons. The van der Waals surface area contributed by atoms with Crippen molar-refractivity contribution in [3.8, 4) is 11.5 Å².